The molecule has 0 unspecified atom stereocenters. The Bertz CT molecular complexity index is 641. The van der Waals surface area contributed by atoms with E-state index >= 15 is 0 Å². The molecular formula is C14H14ClN3O. The van der Waals surface area contributed by atoms with Gasteiger partial charge < -0.3 is 11.1 Å². The number of nitrogens with two attached hydrogens (primary N) is 1. The van der Waals surface area contributed by atoms with Crippen LogP contribution in [0.5, 0.6) is 0 Å². The van der Waals surface area contributed by atoms with Crippen LogP contribution in [0.3, 0.4) is 0 Å². The number of halogens is 1. The van der Waals surface area contributed by atoms with E-state index in [4.69, 9.17) is 17.3 Å². The van der Waals surface area contributed by atoms with Crippen molar-refractivity contribution in [2.45, 2.75) is 13.8 Å². The molecule has 2 rings (SSSR count). The number of carbonyl (C=O) groups excluding carboxylic acids is 1. The number of aromatic nitrogens is 1. The van der Waals surface area contributed by atoms with Crippen LogP contribution in [0.15, 0.2) is 30.3 Å². The Kier molecular flexibility index (Phi) is 3.71. The first-order valence-corrected chi connectivity index (χ1v) is 6.16. The van der Waals surface area contributed by atoms with Crippen LogP contribution in [0.25, 0.3) is 0 Å². The van der Waals surface area contributed by atoms with Gasteiger partial charge in [0, 0.05) is 5.69 Å². The molecular weight excluding hydrogens is 262 g/mol. The molecule has 0 aliphatic carbocycles. The Labute approximate surface area is 116 Å². The van der Waals surface area contributed by atoms with Crippen LogP contribution in [-0.4, -0.2) is 10.9 Å². The number of carbonyl (C=O) groups is 1. The fourth-order valence-corrected chi connectivity index (χ4v) is 1.91. The lowest BCUT2D eigenvalue weighted by Crippen LogP contribution is -2.15. The minimum Gasteiger partial charge on any atom is -0.398 e. The topological polar surface area (TPSA) is 68.0 Å². The summed E-state index contributed by atoms with van der Waals surface area (Å²) in [6.07, 6.45) is 0. The summed E-state index contributed by atoms with van der Waals surface area (Å²) in [5, 5.41) is 3.18. The third-order valence-electron chi connectivity index (χ3n) is 2.75. The molecule has 0 saturated carbocycles. The molecule has 1 amide bonds. The third-order valence-corrected chi connectivity index (χ3v) is 2.96. The predicted molar refractivity (Wildman–Crippen MR) is 77.5 cm³/mol. The van der Waals surface area contributed by atoms with Crippen LogP contribution in [-0.2, 0) is 0 Å². The number of nitrogen functional groups attached to an aromatic ring is 1. The number of nitrogens with one attached hydrogen (secondary N) is 1. The zero-order chi connectivity index (χ0) is 14.0. The lowest BCUT2D eigenvalue weighted by atomic mass is 10.1. The summed E-state index contributed by atoms with van der Waals surface area (Å²) in [7, 11) is 0. The lowest BCUT2D eigenvalue weighted by Gasteiger charge is -2.10. The Balaban J connectivity index is 2.28. The Morgan fingerprint density at radius 2 is 2.00 bits per heavy atom. The quantitative estimate of drug-likeness (QED) is 0.653. The van der Waals surface area contributed by atoms with Gasteiger partial charge in [-0.2, -0.15) is 0 Å². The fraction of sp³-hybridized carbons (Fsp3) is 0.143. The molecule has 0 spiro atoms. The highest BCUT2D eigenvalue weighted by molar-refractivity contribution is 6.29. The Morgan fingerprint density at radius 1 is 1.26 bits per heavy atom. The predicted octanol–water partition coefficient (Wildman–Crippen LogP) is 3.19. The average molecular weight is 276 g/mol. The monoisotopic (exact) mass is 275 g/mol. The molecule has 98 valence electrons. The van der Waals surface area contributed by atoms with Gasteiger partial charge in [-0.15, -0.1) is 0 Å². The number of benzene rings is 1. The first kappa shape index (κ1) is 13.4. The molecule has 19 heavy (non-hydrogen) atoms. The van der Waals surface area contributed by atoms with Gasteiger partial charge in [0.2, 0.25) is 0 Å². The molecule has 0 saturated heterocycles. The molecule has 0 bridgehead atoms. The molecule has 0 aliphatic rings. The summed E-state index contributed by atoms with van der Waals surface area (Å²) in [5.74, 6) is -0.256. The lowest BCUT2D eigenvalue weighted by molar-refractivity contribution is 0.102. The SMILES string of the molecule is Cc1ccc(N)c(C(=O)Nc2ccc(Cl)nc2C)c1. The number of hydrogen-bond acceptors (Lipinski definition) is 3. The zero-order valence-electron chi connectivity index (χ0n) is 10.7. The van der Waals surface area contributed by atoms with Crippen molar-refractivity contribution in [2.75, 3.05) is 11.1 Å². The molecule has 0 radical (unpaired) electrons. The van der Waals surface area contributed by atoms with Crippen molar-refractivity contribution >= 4 is 28.9 Å². The molecule has 4 nitrogen and oxygen atoms in total. The van der Waals surface area contributed by atoms with Crippen molar-refractivity contribution in [2.24, 2.45) is 0 Å². The number of anilines is 2. The van der Waals surface area contributed by atoms with Crippen LogP contribution in [0.1, 0.15) is 21.6 Å². The van der Waals surface area contributed by atoms with E-state index in [0.29, 0.717) is 27.8 Å². The van der Waals surface area contributed by atoms with E-state index in [2.05, 4.69) is 10.3 Å². The van der Waals surface area contributed by atoms with Gasteiger partial charge in [0.1, 0.15) is 5.15 Å². The minimum atomic E-state index is -0.256. The number of hydrogen-bond donors (Lipinski definition) is 2. The number of nitrogens with zero attached hydrogens (tertiary/aromatic N) is 1. The molecule has 1 aromatic heterocycles. The van der Waals surface area contributed by atoms with Gasteiger partial charge in [0.05, 0.1) is 16.9 Å². The van der Waals surface area contributed by atoms with Crippen molar-refractivity contribution in [1.29, 1.82) is 0 Å². The van der Waals surface area contributed by atoms with Gasteiger partial charge in [0.15, 0.2) is 0 Å². The second-order valence-corrected chi connectivity index (χ2v) is 4.70. The number of amides is 1. The fourth-order valence-electron chi connectivity index (χ4n) is 1.72. The maximum Gasteiger partial charge on any atom is 0.257 e. The van der Waals surface area contributed by atoms with E-state index < -0.39 is 0 Å². The molecule has 0 atom stereocenters. The van der Waals surface area contributed by atoms with Gasteiger partial charge in [-0.05, 0) is 38.1 Å². The van der Waals surface area contributed by atoms with E-state index in [9.17, 15) is 4.79 Å². The van der Waals surface area contributed by atoms with E-state index in [0.717, 1.165) is 5.56 Å². The van der Waals surface area contributed by atoms with Gasteiger partial charge in [-0.3, -0.25) is 4.79 Å². The van der Waals surface area contributed by atoms with Crippen LogP contribution in [0, 0.1) is 13.8 Å². The van der Waals surface area contributed by atoms with Crippen LogP contribution in [0.4, 0.5) is 11.4 Å². The van der Waals surface area contributed by atoms with Crippen molar-refractivity contribution in [3.63, 3.8) is 0 Å². The summed E-state index contributed by atoms with van der Waals surface area (Å²) in [6.45, 7) is 3.69. The van der Waals surface area contributed by atoms with Crippen LogP contribution >= 0.6 is 11.6 Å². The van der Waals surface area contributed by atoms with E-state index in [1.165, 1.54) is 0 Å². The van der Waals surface area contributed by atoms with Gasteiger partial charge >= 0.3 is 0 Å². The normalized spacial score (nSPS) is 10.3. The van der Waals surface area contributed by atoms with Crippen LogP contribution < -0.4 is 11.1 Å². The zero-order valence-corrected chi connectivity index (χ0v) is 11.5. The van der Waals surface area contributed by atoms with E-state index in [1.54, 1.807) is 31.2 Å². The highest BCUT2D eigenvalue weighted by Crippen LogP contribution is 2.19. The Morgan fingerprint density at radius 3 is 2.68 bits per heavy atom. The van der Waals surface area contributed by atoms with Crippen molar-refractivity contribution < 1.29 is 4.79 Å². The first-order valence-electron chi connectivity index (χ1n) is 5.78. The van der Waals surface area contributed by atoms with Crippen LogP contribution in [0.2, 0.25) is 5.15 Å². The van der Waals surface area contributed by atoms with Crippen molar-refractivity contribution in [1.82, 2.24) is 4.98 Å². The highest BCUT2D eigenvalue weighted by atomic mass is 35.5. The molecule has 2 aromatic rings. The standard InChI is InChI=1S/C14H14ClN3O/c1-8-3-4-11(16)10(7-8)14(19)18-12-5-6-13(15)17-9(12)2/h3-7H,16H2,1-2H3,(H,18,19). The third kappa shape index (κ3) is 3.03. The molecule has 5 heteroatoms. The summed E-state index contributed by atoms with van der Waals surface area (Å²) >= 11 is 5.77. The first-order chi connectivity index (χ1) is 8.97. The highest BCUT2D eigenvalue weighted by Gasteiger charge is 2.11. The number of aryl methyl sites for hydroxylation is 2. The van der Waals surface area contributed by atoms with Crippen molar-refractivity contribution in [3.05, 3.63) is 52.3 Å². The second-order valence-electron chi connectivity index (χ2n) is 4.31. The number of rotatable bonds is 2. The molecule has 3 N–H and O–H groups in total. The minimum absolute atomic E-state index is 0.256. The molecule has 0 fully saturated rings. The average Bonchev–Trinajstić information content (AvgIpc) is 2.35. The Hall–Kier alpha value is -2.07. The van der Waals surface area contributed by atoms with Gasteiger partial charge in [0.25, 0.3) is 5.91 Å². The smallest absolute Gasteiger partial charge is 0.257 e. The second kappa shape index (κ2) is 5.28. The molecule has 0 aliphatic heterocycles. The number of pyridine rings is 1. The van der Waals surface area contributed by atoms with Gasteiger partial charge in [-0.25, -0.2) is 4.98 Å². The van der Waals surface area contributed by atoms with Crippen molar-refractivity contribution in [3.8, 4) is 0 Å². The maximum atomic E-state index is 12.2. The summed E-state index contributed by atoms with van der Waals surface area (Å²) < 4.78 is 0. The van der Waals surface area contributed by atoms with E-state index in [-0.39, 0.29) is 5.91 Å². The molecule has 1 aromatic carbocycles. The van der Waals surface area contributed by atoms with E-state index in [1.807, 2.05) is 13.0 Å². The summed E-state index contributed by atoms with van der Waals surface area (Å²) in [6, 6.07) is 8.68. The molecule has 1 heterocycles. The summed E-state index contributed by atoms with van der Waals surface area (Å²) in [5.41, 5.74) is 8.97. The summed E-state index contributed by atoms with van der Waals surface area (Å²) in [4.78, 5) is 16.3. The van der Waals surface area contributed by atoms with Gasteiger partial charge in [-0.1, -0.05) is 23.2 Å². The maximum absolute atomic E-state index is 12.2. The largest absolute Gasteiger partial charge is 0.398 e.